The second-order valence-corrected chi connectivity index (χ2v) is 4.46. The van der Waals surface area contributed by atoms with Gasteiger partial charge in [-0.25, -0.2) is 0 Å². The second-order valence-electron chi connectivity index (χ2n) is 4.46. The first-order valence-corrected chi connectivity index (χ1v) is 4.83. The van der Waals surface area contributed by atoms with Crippen LogP contribution in [0.1, 0.15) is 31.1 Å². The van der Waals surface area contributed by atoms with Crippen LogP contribution in [0, 0.1) is 12.3 Å². The molecule has 0 aromatic heterocycles. The van der Waals surface area contributed by atoms with Gasteiger partial charge in [-0.05, 0) is 12.5 Å². The van der Waals surface area contributed by atoms with E-state index in [9.17, 15) is 5.11 Å². The Morgan fingerprint density at radius 1 is 1.21 bits per heavy atom. The van der Waals surface area contributed by atoms with Gasteiger partial charge in [-0.2, -0.15) is 0 Å². The van der Waals surface area contributed by atoms with E-state index in [2.05, 4.69) is 0 Å². The van der Waals surface area contributed by atoms with Crippen LogP contribution in [0.3, 0.4) is 0 Å². The van der Waals surface area contributed by atoms with Crippen molar-refractivity contribution >= 4 is 0 Å². The Hall–Kier alpha value is -0.860. The Kier molecular flexibility index (Phi) is 3.29. The maximum absolute atomic E-state index is 9.98. The van der Waals surface area contributed by atoms with Gasteiger partial charge >= 0.3 is 0 Å². The molecule has 78 valence electrons. The highest BCUT2D eigenvalue weighted by Gasteiger charge is 2.28. The van der Waals surface area contributed by atoms with Gasteiger partial charge in [-0.15, -0.1) is 0 Å². The molecule has 0 bridgehead atoms. The zero-order valence-corrected chi connectivity index (χ0v) is 8.99. The van der Waals surface area contributed by atoms with Gasteiger partial charge in [0.25, 0.3) is 0 Å². The minimum atomic E-state index is -0.618. The van der Waals surface area contributed by atoms with Gasteiger partial charge in [0, 0.05) is 5.41 Å². The number of benzene rings is 1. The van der Waals surface area contributed by atoms with Crippen molar-refractivity contribution in [3.63, 3.8) is 0 Å². The van der Waals surface area contributed by atoms with Crippen molar-refractivity contribution in [3.8, 4) is 0 Å². The maximum atomic E-state index is 9.98. The van der Waals surface area contributed by atoms with Gasteiger partial charge in [0.05, 0.1) is 12.7 Å². The summed E-state index contributed by atoms with van der Waals surface area (Å²) in [4.78, 5) is 0. The number of aliphatic hydroxyl groups excluding tert-OH is 2. The van der Waals surface area contributed by atoms with Crippen molar-refractivity contribution < 1.29 is 10.2 Å². The summed E-state index contributed by atoms with van der Waals surface area (Å²) in [6.45, 7) is 5.67. The lowest BCUT2D eigenvalue weighted by molar-refractivity contribution is 0.00638. The molecule has 1 rings (SSSR count). The number of rotatable bonds is 3. The Balaban J connectivity index is 2.89. The highest BCUT2D eigenvalue weighted by atomic mass is 16.3. The average Bonchev–Trinajstić information content (AvgIpc) is 2.18. The molecule has 0 amide bonds. The fourth-order valence-electron chi connectivity index (χ4n) is 1.29. The maximum Gasteiger partial charge on any atom is 0.0862 e. The molecule has 0 unspecified atom stereocenters. The quantitative estimate of drug-likeness (QED) is 0.773. The van der Waals surface area contributed by atoms with Gasteiger partial charge in [-0.3, -0.25) is 0 Å². The van der Waals surface area contributed by atoms with Crippen LogP contribution >= 0.6 is 0 Å². The summed E-state index contributed by atoms with van der Waals surface area (Å²) < 4.78 is 0. The van der Waals surface area contributed by atoms with Crippen LogP contribution in [0.5, 0.6) is 0 Å². The molecule has 2 heteroatoms. The van der Waals surface area contributed by atoms with Crippen LogP contribution in [0.25, 0.3) is 0 Å². The Morgan fingerprint density at radius 3 is 2.14 bits per heavy atom. The number of hydrogen-bond donors (Lipinski definition) is 2. The summed E-state index contributed by atoms with van der Waals surface area (Å²) in [5.74, 6) is 0. The average molecular weight is 194 g/mol. The SMILES string of the molecule is Cc1ccc([C@H](O)C(C)(C)CO)cc1. The predicted molar refractivity (Wildman–Crippen MR) is 57.0 cm³/mol. The summed E-state index contributed by atoms with van der Waals surface area (Å²) in [7, 11) is 0. The highest BCUT2D eigenvalue weighted by molar-refractivity contribution is 5.24. The number of hydrogen-bond acceptors (Lipinski definition) is 2. The fraction of sp³-hybridized carbons (Fsp3) is 0.500. The lowest BCUT2D eigenvalue weighted by atomic mass is 9.83. The minimum absolute atomic E-state index is 0.0258. The highest BCUT2D eigenvalue weighted by Crippen LogP contribution is 2.32. The van der Waals surface area contributed by atoms with Gasteiger partial charge in [0.2, 0.25) is 0 Å². The molecule has 2 N–H and O–H groups in total. The lowest BCUT2D eigenvalue weighted by Crippen LogP contribution is -2.25. The molecule has 2 nitrogen and oxygen atoms in total. The van der Waals surface area contributed by atoms with Crippen LogP contribution in [0.2, 0.25) is 0 Å². The lowest BCUT2D eigenvalue weighted by Gasteiger charge is -2.28. The van der Waals surface area contributed by atoms with E-state index in [1.54, 1.807) is 0 Å². The Labute approximate surface area is 85.2 Å². The monoisotopic (exact) mass is 194 g/mol. The van der Waals surface area contributed by atoms with Crippen molar-refractivity contribution in [3.05, 3.63) is 35.4 Å². The standard InChI is InChI=1S/C12H18O2/c1-9-4-6-10(7-5-9)11(14)12(2,3)8-13/h4-7,11,13-14H,8H2,1-3H3/t11-/m0/s1. The van der Waals surface area contributed by atoms with Crippen LogP contribution in [0.4, 0.5) is 0 Å². The van der Waals surface area contributed by atoms with E-state index < -0.39 is 11.5 Å². The van der Waals surface area contributed by atoms with Crippen LogP contribution in [-0.2, 0) is 0 Å². The van der Waals surface area contributed by atoms with E-state index in [0.717, 1.165) is 5.56 Å². The predicted octanol–water partition coefficient (Wildman–Crippen LogP) is 2.05. The molecule has 1 aromatic carbocycles. The van der Waals surface area contributed by atoms with Crippen molar-refractivity contribution in [1.82, 2.24) is 0 Å². The van der Waals surface area contributed by atoms with E-state index in [0.29, 0.717) is 0 Å². The van der Waals surface area contributed by atoms with E-state index in [4.69, 9.17) is 5.11 Å². The molecule has 0 fully saturated rings. The minimum Gasteiger partial charge on any atom is -0.396 e. The van der Waals surface area contributed by atoms with Gasteiger partial charge in [-0.1, -0.05) is 43.7 Å². The smallest absolute Gasteiger partial charge is 0.0862 e. The third-order valence-corrected chi connectivity index (χ3v) is 2.54. The molecule has 14 heavy (non-hydrogen) atoms. The molecule has 0 spiro atoms. The summed E-state index contributed by atoms with van der Waals surface area (Å²) in [5.41, 5.74) is 1.53. The molecule has 1 atom stereocenters. The molecular formula is C12H18O2. The van der Waals surface area contributed by atoms with Crippen molar-refractivity contribution in [2.45, 2.75) is 26.9 Å². The number of aryl methyl sites for hydroxylation is 1. The largest absolute Gasteiger partial charge is 0.396 e. The van der Waals surface area contributed by atoms with E-state index in [-0.39, 0.29) is 6.61 Å². The molecule has 0 saturated carbocycles. The Bertz CT molecular complexity index is 288. The first-order chi connectivity index (χ1) is 6.47. The van der Waals surface area contributed by atoms with Gasteiger partial charge in [0.15, 0.2) is 0 Å². The second kappa shape index (κ2) is 4.11. The zero-order chi connectivity index (χ0) is 10.8. The van der Waals surface area contributed by atoms with Gasteiger partial charge < -0.3 is 10.2 Å². The molecule has 0 heterocycles. The van der Waals surface area contributed by atoms with E-state index >= 15 is 0 Å². The summed E-state index contributed by atoms with van der Waals surface area (Å²) in [5, 5.41) is 19.1. The summed E-state index contributed by atoms with van der Waals surface area (Å²) in [6.07, 6.45) is -0.618. The number of aliphatic hydroxyl groups is 2. The third kappa shape index (κ3) is 2.34. The van der Waals surface area contributed by atoms with Gasteiger partial charge in [0.1, 0.15) is 0 Å². The third-order valence-electron chi connectivity index (χ3n) is 2.54. The van der Waals surface area contributed by atoms with E-state index in [1.165, 1.54) is 5.56 Å². The molecular weight excluding hydrogens is 176 g/mol. The van der Waals surface area contributed by atoms with Crippen LogP contribution in [-0.4, -0.2) is 16.8 Å². The first-order valence-electron chi connectivity index (χ1n) is 4.83. The molecule has 1 aromatic rings. The summed E-state index contributed by atoms with van der Waals surface area (Å²) >= 11 is 0. The Morgan fingerprint density at radius 2 is 1.71 bits per heavy atom. The van der Waals surface area contributed by atoms with Crippen LogP contribution < -0.4 is 0 Å². The topological polar surface area (TPSA) is 40.5 Å². The fourth-order valence-corrected chi connectivity index (χ4v) is 1.29. The van der Waals surface area contributed by atoms with E-state index in [1.807, 2.05) is 45.0 Å². The van der Waals surface area contributed by atoms with Crippen LogP contribution in [0.15, 0.2) is 24.3 Å². The normalized spacial score (nSPS) is 14.1. The van der Waals surface area contributed by atoms with Crippen molar-refractivity contribution in [2.24, 2.45) is 5.41 Å². The summed E-state index contributed by atoms with van der Waals surface area (Å²) in [6, 6.07) is 7.73. The van der Waals surface area contributed by atoms with Crippen molar-refractivity contribution in [1.29, 1.82) is 0 Å². The molecule has 0 aliphatic heterocycles. The molecule has 0 aliphatic carbocycles. The first kappa shape index (κ1) is 11.2. The molecule has 0 saturated heterocycles. The zero-order valence-electron chi connectivity index (χ0n) is 8.99. The molecule has 0 radical (unpaired) electrons. The molecule has 0 aliphatic rings. The van der Waals surface area contributed by atoms with Crippen molar-refractivity contribution in [2.75, 3.05) is 6.61 Å².